The van der Waals surface area contributed by atoms with Gasteiger partial charge in [0.2, 0.25) is 0 Å². The van der Waals surface area contributed by atoms with E-state index in [4.69, 9.17) is 30.8 Å². The summed E-state index contributed by atoms with van der Waals surface area (Å²) in [5, 5.41) is 9.56. The Balaban J connectivity index is 1.47. The molecule has 4 aromatic carbocycles. The fourth-order valence-electron chi connectivity index (χ4n) is 5.61. The molecule has 0 saturated carbocycles. The van der Waals surface area contributed by atoms with E-state index in [0.29, 0.717) is 31.9 Å². The average Bonchev–Trinajstić information content (AvgIpc) is 3.44. The van der Waals surface area contributed by atoms with Crippen molar-refractivity contribution >= 4 is 58.4 Å². The van der Waals surface area contributed by atoms with E-state index in [-0.39, 0.29) is 40.7 Å². The minimum atomic E-state index is -1.04. The minimum absolute atomic E-state index is 0.0552. The second-order valence-electron chi connectivity index (χ2n) is 11.0. The number of thioether (sulfide) groups is 1. The summed E-state index contributed by atoms with van der Waals surface area (Å²) in [7, 11) is 1.48. The lowest BCUT2D eigenvalue weighted by Gasteiger charge is -2.26. The van der Waals surface area contributed by atoms with Crippen molar-refractivity contribution in [1.29, 1.82) is 0 Å². The van der Waals surface area contributed by atoms with Crippen molar-refractivity contribution in [2.75, 3.05) is 20.0 Å². The van der Waals surface area contributed by atoms with Gasteiger partial charge in [0.05, 0.1) is 46.1 Å². The summed E-state index contributed by atoms with van der Waals surface area (Å²) in [6.45, 7) is 1.95. The first kappa shape index (κ1) is 34.8. The van der Waals surface area contributed by atoms with E-state index < -0.39 is 18.0 Å². The van der Waals surface area contributed by atoms with Crippen LogP contribution < -0.4 is 24.4 Å². The van der Waals surface area contributed by atoms with Gasteiger partial charge in [0.15, 0.2) is 16.3 Å². The zero-order valence-corrected chi connectivity index (χ0v) is 29.6. The van der Waals surface area contributed by atoms with Crippen LogP contribution in [0.1, 0.15) is 45.6 Å². The van der Waals surface area contributed by atoms with Crippen LogP contribution in [0.5, 0.6) is 11.5 Å². The Morgan fingerprint density at radius 2 is 1.80 bits per heavy atom. The van der Waals surface area contributed by atoms with Crippen molar-refractivity contribution in [1.82, 2.24) is 4.57 Å². The summed E-state index contributed by atoms with van der Waals surface area (Å²) >= 11 is 9.48. The summed E-state index contributed by atoms with van der Waals surface area (Å²) in [5.41, 5.74) is 3.20. The number of carbonyl (C=O) groups is 2. The number of nitrogens with zero attached hydrogens (tertiary/aromatic N) is 2. The van der Waals surface area contributed by atoms with Gasteiger partial charge >= 0.3 is 11.9 Å². The van der Waals surface area contributed by atoms with Crippen LogP contribution in [0.4, 0.5) is 0 Å². The number of benzene rings is 4. The predicted molar refractivity (Wildman–Crippen MR) is 195 cm³/mol. The predicted octanol–water partition coefficient (Wildman–Crippen LogP) is 6.60. The maximum Gasteiger partial charge on any atom is 0.338 e. The van der Waals surface area contributed by atoms with E-state index in [1.165, 1.54) is 30.6 Å². The lowest BCUT2D eigenvalue weighted by molar-refractivity contribution is -0.138. The number of carboxylic acids is 1. The first-order valence-electron chi connectivity index (χ1n) is 15.5. The molecule has 0 spiro atoms. The van der Waals surface area contributed by atoms with Crippen molar-refractivity contribution in [2.24, 2.45) is 4.99 Å². The Labute approximate surface area is 300 Å². The molecule has 1 aromatic heterocycles. The number of rotatable bonds is 11. The first-order chi connectivity index (χ1) is 24.2. The molecule has 12 heteroatoms. The summed E-state index contributed by atoms with van der Waals surface area (Å²) in [5.74, 6) is -0.988. The van der Waals surface area contributed by atoms with Gasteiger partial charge in [0.25, 0.3) is 5.56 Å². The zero-order chi connectivity index (χ0) is 35.4. The molecule has 0 fully saturated rings. The smallest absolute Gasteiger partial charge is 0.338 e. The van der Waals surface area contributed by atoms with Crippen LogP contribution in [0.3, 0.4) is 0 Å². The van der Waals surface area contributed by atoms with Gasteiger partial charge in [-0.3, -0.25) is 9.36 Å². The molecule has 1 aliphatic rings. The fraction of sp³-hybridized carbons (Fsp3) is 0.158. The molecule has 0 saturated heterocycles. The molecule has 254 valence electrons. The summed E-state index contributed by atoms with van der Waals surface area (Å²) in [6, 6.07) is 26.1. The number of thiazole rings is 1. The number of aromatic carboxylic acids is 1. The Morgan fingerprint density at radius 3 is 2.48 bits per heavy atom. The van der Waals surface area contributed by atoms with Crippen molar-refractivity contribution in [3.63, 3.8) is 0 Å². The highest BCUT2D eigenvalue weighted by Crippen LogP contribution is 2.38. The summed E-state index contributed by atoms with van der Waals surface area (Å²) in [6.07, 6.45) is 3.68. The van der Waals surface area contributed by atoms with Crippen LogP contribution in [0.15, 0.2) is 111 Å². The number of hydrogen-bond donors (Lipinski definition) is 1. The summed E-state index contributed by atoms with van der Waals surface area (Å²) in [4.78, 5) is 45.8. The molecule has 6 rings (SSSR count). The molecule has 0 aliphatic carbocycles. The van der Waals surface area contributed by atoms with Gasteiger partial charge in [-0.1, -0.05) is 77.5 Å². The molecular weight excluding hydrogens is 696 g/mol. The molecule has 0 unspecified atom stereocenters. The number of carboxylic acid groups (broad SMARTS) is 1. The van der Waals surface area contributed by atoms with Gasteiger partial charge in [-0.15, -0.1) is 11.8 Å². The number of hydrogen-bond acceptors (Lipinski definition) is 9. The van der Waals surface area contributed by atoms with Gasteiger partial charge in [-0.05, 0) is 72.3 Å². The van der Waals surface area contributed by atoms with Crippen molar-refractivity contribution in [3.8, 4) is 11.5 Å². The van der Waals surface area contributed by atoms with Crippen LogP contribution in [0.25, 0.3) is 11.8 Å². The molecule has 9 nitrogen and oxygen atoms in total. The maximum atomic E-state index is 14.3. The van der Waals surface area contributed by atoms with Crippen molar-refractivity contribution in [2.45, 2.75) is 24.5 Å². The second kappa shape index (κ2) is 15.2. The van der Waals surface area contributed by atoms with E-state index >= 15 is 0 Å². The van der Waals surface area contributed by atoms with Crippen LogP contribution in [-0.2, 0) is 16.1 Å². The largest absolute Gasteiger partial charge is 0.493 e. The molecule has 0 radical (unpaired) electrons. The van der Waals surface area contributed by atoms with E-state index in [1.807, 2.05) is 60.9 Å². The van der Waals surface area contributed by atoms with E-state index in [2.05, 4.69) is 0 Å². The maximum absolute atomic E-state index is 14.3. The second-order valence-corrected chi connectivity index (χ2v) is 13.3. The lowest BCUT2D eigenvalue weighted by Crippen LogP contribution is -2.40. The van der Waals surface area contributed by atoms with Crippen molar-refractivity contribution in [3.05, 3.63) is 149 Å². The van der Waals surface area contributed by atoms with Crippen LogP contribution >= 0.6 is 34.7 Å². The Bertz CT molecular complexity index is 2300. The molecule has 1 aliphatic heterocycles. The number of aromatic nitrogens is 1. The molecular formula is C38H31ClN2O7S2. The molecule has 0 amide bonds. The third-order valence-electron chi connectivity index (χ3n) is 7.91. The molecule has 2 heterocycles. The zero-order valence-electron chi connectivity index (χ0n) is 27.2. The Kier molecular flexibility index (Phi) is 10.6. The summed E-state index contributed by atoms with van der Waals surface area (Å²) < 4.78 is 19.0. The van der Waals surface area contributed by atoms with Gasteiger partial charge in [0, 0.05) is 10.5 Å². The van der Waals surface area contributed by atoms with E-state index in [0.717, 1.165) is 16.0 Å². The number of carbonyl (C=O) groups excluding carboxylic acids is 1. The molecule has 50 heavy (non-hydrogen) atoms. The Morgan fingerprint density at radius 1 is 1.04 bits per heavy atom. The standard InChI is InChI=1S/C38H31ClN2O7S2/c1-4-47-37(45)31-32(24-10-6-5-7-11-24)40-38-41(33(31)25-13-15-27(49-3)16-14-25)35(42)30(50-38)20-23-18-28(39)34(29(19-23)46-2)48-21-22-9-8-12-26(17-22)36(43)44/h5-20,33H,4,21H2,1-3H3,(H,43,44)/b30-20+/t33-/m0/s1. The van der Waals surface area contributed by atoms with E-state index in [1.54, 1.807) is 53.6 Å². The first-order valence-corrected chi connectivity index (χ1v) is 17.9. The van der Waals surface area contributed by atoms with E-state index in [9.17, 15) is 19.5 Å². The highest BCUT2D eigenvalue weighted by molar-refractivity contribution is 7.98. The minimum Gasteiger partial charge on any atom is -0.493 e. The number of ether oxygens (including phenoxy) is 3. The monoisotopic (exact) mass is 726 g/mol. The highest BCUT2D eigenvalue weighted by Gasteiger charge is 2.35. The fourth-order valence-corrected chi connectivity index (χ4v) is 7.29. The lowest BCUT2D eigenvalue weighted by atomic mass is 9.93. The SMILES string of the molecule is CCOC(=O)C1=C(c2ccccc2)N=c2s/c(=C/c3cc(Cl)c(OCc4cccc(C(=O)O)c4)c(OC)c3)c(=O)n2[C@H]1c1ccc(SC)cc1. The molecule has 1 atom stereocenters. The Hall–Kier alpha value is -5.10. The highest BCUT2D eigenvalue weighted by atomic mass is 35.5. The normalized spacial score (nSPS) is 14.2. The van der Waals surface area contributed by atoms with Gasteiger partial charge in [0.1, 0.15) is 6.61 Å². The third-order valence-corrected chi connectivity index (χ3v) is 9.92. The average molecular weight is 727 g/mol. The van der Waals surface area contributed by atoms with Crippen molar-refractivity contribution < 1.29 is 28.9 Å². The third kappa shape index (κ3) is 7.11. The number of fused-ring (bicyclic) bond motifs is 1. The van der Waals surface area contributed by atoms with Gasteiger partial charge in [-0.25, -0.2) is 14.6 Å². The molecule has 5 aromatic rings. The van der Waals surface area contributed by atoms with Crippen LogP contribution in [0.2, 0.25) is 5.02 Å². The number of halogens is 1. The number of methoxy groups -OCH3 is 1. The topological polar surface area (TPSA) is 116 Å². The van der Waals surface area contributed by atoms with Crippen LogP contribution in [0, 0.1) is 0 Å². The molecule has 0 bridgehead atoms. The van der Waals surface area contributed by atoms with Gasteiger partial charge < -0.3 is 19.3 Å². The quantitative estimate of drug-likeness (QED) is 0.120. The number of esters is 1. The van der Waals surface area contributed by atoms with Crippen LogP contribution in [-0.4, -0.2) is 41.6 Å². The van der Waals surface area contributed by atoms with Gasteiger partial charge in [-0.2, -0.15) is 0 Å². The molecule has 1 N–H and O–H groups in total.